The fourth-order valence-corrected chi connectivity index (χ4v) is 3.94. The minimum absolute atomic E-state index is 0.0573. The van der Waals surface area contributed by atoms with E-state index in [4.69, 9.17) is 4.74 Å². The van der Waals surface area contributed by atoms with Gasteiger partial charge in [0.2, 0.25) is 0 Å². The number of benzene rings is 1. The number of anilines is 1. The van der Waals surface area contributed by atoms with Gasteiger partial charge in [0.25, 0.3) is 5.91 Å². The Labute approximate surface area is 146 Å². The molecule has 0 radical (unpaired) electrons. The van der Waals surface area contributed by atoms with Crippen molar-refractivity contribution in [3.8, 4) is 17.0 Å². The van der Waals surface area contributed by atoms with Crippen molar-refractivity contribution in [2.75, 3.05) is 32.1 Å². The first kappa shape index (κ1) is 16.9. The second-order valence-electron chi connectivity index (χ2n) is 6.19. The van der Waals surface area contributed by atoms with Gasteiger partial charge in [-0.25, -0.2) is 4.98 Å². The number of ether oxygens (including phenoxy) is 1. The lowest BCUT2D eigenvalue weighted by Crippen LogP contribution is -3.13. The van der Waals surface area contributed by atoms with Crippen molar-refractivity contribution in [3.63, 3.8) is 0 Å². The third-order valence-corrected chi connectivity index (χ3v) is 5.26. The topological polar surface area (TPSA) is 55.7 Å². The number of thiazole rings is 1. The van der Waals surface area contributed by atoms with Crippen LogP contribution in [0.3, 0.4) is 0 Å². The summed E-state index contributed by atoms with van der Waals surface area (Å²) in [6, 6.07) is 7.83. The van der Waals surface area contributed by atoms with Crippen molar-refractivity contribution in [1.82, 2.24) is 4.98 Å². The van der Waals surface area contributed by atoms with Crippen LogP contribution in [0.2, 0.25) is 0 Å². The van der Waals surface area contributed by atoms with Crippen LogP contribution in [-0.2, 0) is 4.79 Å². The molecule has 6 heteroatoms. The molecular weight excluding hydrogens is 322 g/mol. The number of carbonyl (C=O) groups excluding carboxylic acids is 1. The highest BCUT2D eigenvalue weighted by molar-refractivity contribution is 7.16. The molecule has 2 heterocycles. The quantitative estimate of drug-likeness (QED) is 0.872. The van der Waals surface area contributed by atoms with Gasteiger partial charge in [-0.2, -0.15) is 0 Å². The average Bonchev–Trinajstić information content (AvgIpc) is 2.96. The van der Waals surface area contributed by atoms with E-state index in [9.17, 15) is 4.79 Å². The number of piperidine rings is 1. The summed E-state index contributed by atoms with van der Waals surface area (Å²) in [5.41, 5.74) is 1.95. The number of carbonyl (C=O) groups is 1. The van der Waals surface area contributed by atoms with Gasteiger partial charge in [-0.3, -0.25) is 10.1 Å². The van der Waals surface area contributed by atoms with E-state index in [2.05, 4.69) is 10.3 Å². The molecule has 1 amide bonds. The van der Waals surface area contributed by atoms with Crippen molar-refractivity contribution >= 4 is 22.4 Å². The number of rotatable bonds is 5. The lowest BCUT2D eigenvalue weighted by molar-refractivity contribution is -0.896. The summed E-state index contributed by atoms with van der Waals surface area (Å²) >= 11 is 1.53. The van der Waals surface area contributed by atoms with Crippen molar-refractivity contribution in [2.24, 2.45) is 0 Å². The van der Waals surface area contributed by atoms with Gasteiger partial charge in [-0.1, -0.05) is 0 Å². The maximum atomic E-state index is 12.2. The Balaban J connectivity index is 1.65. The molecule has 5 nitrogen and oxygen atoms in total. The molecule has 1 saturated heterocycles. The second kappa shape index (κ2) is 7.77. The first-order valence-corrected chi connectivity index (χ1v) is 9.22. The van der Waals surface area contributed by atoms with E-state index in [1.807, 2.05) is 31.2 Å². The van der Waals surface area contributed by atoms with Crippen LogP contribution >= 0.6 is 11.3 Å². The summed E-state index contributed by atoms with van der Waals surface area (Å²) in [6.45, 7) is 4.77. The molecule has 0 saturated carbocycles. The third kappa shape index (κ3) is 4.13. The van der Waals surface area contributed by atoms with E-state index in [0.717, 1.165) is 35.0 Å². The largest absolute Gasteiger partial charge is 0.497 e. The predicted molar refractivity (Wildman–Crippen MR) is 96.9 cm³/mol. The number of quaternary nitrogens is 1. The molecule has 0 atom stereocenters. The zero-order chi connectivity index (χ0) is 16.9. The van der Waals surface area contributed by atoms with Crippen LogP contribution in [0, 0.1) is 6.92 Å². The molecule has 0 spiro atoms. The molecule has 3 rings (SSSR count). The predicted octanol–water partition coefficient (Wildman–Crippen LogP) is 2.13. The van der Waals surface area contributed by atoms with Crippen LogP contribution < -0.4 is 15.0 Å². The lowest BCUT2D eigenvalue weighted by Gasteiger charge is -2.22. The number of aromatic nitrogens is 1. The molecule has 128 valence electrons. The number of amides is 1. The van der Waals surface area contributed by atoms with Gasteiger partial charge in [0, 0.05) is 10.4 Å². The third-order valence-electron chi connectivity index (χ3n) is 4.38. The molecule has 1 aliphatic rings. The zero-order valence-electron chi connectivity index (χ0n) is 14.2. The summed E-state index contributed by atoms with van der Waals surface area (Å²) in [5.74, 6) is 0.881. The first-order valence-electron chi connectivity index (χ1n) is 8.41. The van der Waals surface area contributed by atoms with Crippen LogP contribution in [0.25, 0.3) is 11.3 Å². The maximum Gasteiger partial charge on any atom is 0.281 e. The number of nitrogens with zero attached hydrogens (tertiary/aromatic N) is 1. The van der Waals surface area contributed by atoms with E-state index in [1.165, 1.54) is 35.5 Å². The van der Waals surface area contributed by atoms with Crippen LogP contribution in [0.5, 0.6) is 5.75 Å². The van der Waals surface area contributed by atoms with Gasteiger partial charge < -0.3 is 9.64 Å². The molecule has 1 aromatic heterocycles. The summed E-state index contributed by atoms with van der Waals surface area (Å²) < 4.78 is 5.19. The molecule has 2 N–H and O–H groups in total. The van der Waals surface area contributed by atoms with Crippen molar-refractivity contribution in [2.45, 2.75) is 26.2 Å². The molecule has 2 aromatic rings. The first-order chi connectivity index (χ1) is 11.7. The fraction of sp³-hybridized carbons (Fsp3) is 0.444. The van der Waals surface area contributed by atoms with Gasteiger partial charge in [0.05, 0.1) is 25.9 Å². The molecule has 24 heavy (non-hydrogen) atoms. The number of hydrogen-bond acceptors (Lipinski definition) is 4. The highest BCUT2D eigenvalue weighted by Crippen LogP contribution is 2.31. The van der Waals surface area contributed by atoms with Crippen molar-refractivity contribution in [3.05, 3.63) is 29.1 Å². The lowest BCUT2D eigenvalue weighted by atomic mass is 10.1. The van der Waals surface area contributed by atoms with E-state index in [-0.39, 0.29) is 5.91 Å². The Morgan fingerprint density at radius 1 is 1.25 bits per heavy atom. The molecular formula is C18H24N3O2S+. The number of likely N-dealkylation sites (tertiary alicyclic amines) is 1. The Bertz CT molecular complexity index is 691. The smallest absolute Gasteiger partial charge is 0.281 e. The highest BCUT2D eigenvalue weighted by atomic mass is 32.1. The normalized spacial score (nSPS) is 15.2. The van der Waals surface area contributed by atoms with Crippen LogP contribution in [0.15, 0.2) is 24.3 Å². The van der Waals surface area contributed by atoms with Crippen LogP contribution in [0.4, 0.5) is 5.13 Å². The number of hydrogen-bond donors (Lipinski definition) is 2. The van der Waals surface area contributed by atoms with Crippen molar-refractivity contribution < 1.29 is 14.4 Å². The molecule has 0 aliphatic carbocycles. The standard InChI is InChI=1S/C18H23N3O2S/c1-13-17(14-6-8-15(23-2)9-7-14)20-18(24-13)19-16(22)12-21-10-4-3-5-11-21/h6-9H,3-5,10-12H2,1-2H3,(H,19,20,22)/p+1. The summed E-state index contributed by atoms with van der Waals surface area (Å²) in [5, 5.41) is 3.65. The number of nitrogens with one attached hydrogen (secondary N) is 2. The van der Waals surface area contributed by atoms with Gasteiger partial charge in [0.1, 0.15) is 5.75 Å². The monoisotopic (exact) mass is 346 g/mol. The molecule has 0 unspecified atom stereocenters. The molecule has 0 bridgehead atoms. The van der Waals surface area contributed by atoms with E-state index in [0.29, 0.717) is 11.7 Å². The highest BCUT2D eigenvalue weighted by Gasteiger charge is 2.19. The average molecular weight is 346 g/mol. The zero-order valence-corrected chi connectivity index (χ0v) is 15.0. The summed E-state index contributed by atoms with van der Waals surface area (Å²) in [4.78, 5) is 19.3. The minimum Gasteiger partial charge on any atom is -0.497 e. The SMILES string of the molecule is COc1ccc(-c2nc(NC(=O)C[NH+]3CCCCC3)sc2C)cc1. The Hall–Kier alpha value is -1.92. The Morgan fingerprint density at radius 2 is 1.96 bits per heavy atom. The number of methoxy groups -OCH3 is 1. The van der Waals surface area contributed by atoms with Crippen LogP contribution in [0.1, 0.15) is 24.1 Å². The number of aryl methyl sites for hydroxylation is 1. The fourth-order valence-electron chi connectivity index (χ4n) is 3.09. The van der Waals surface area contributed by atoms with Crippen molar-refractivity contribution in [1.29, 1.82) is 0 Å². The summed E-state index contributed by atoms with van der Waals surface area (Å²) in [7, 11) is 1.65. The molecule has 1 aliphatic heterocycles. The van der Waals surface area contributed by atoms with Gasteiger partial charge in [-0.15, -0.1) is 11.3 Å². The second-order valence-corrected chi connectivity index (χ2v) is 7.39. The van der Waals surface area contributed by atoms with Gasteiger partial charge in [0.15, 0.2) is 11.7 Å². The Morgan fingerprint density at radius 3 is 2.62 bits per heavy atom. The maximum absolute atomic E-state index is 12.2. The Kier molecular flexibility index (Phi) is 5.48. The molecule has 1 aromatic carbocycles. The van der Waals surface area contributed by atoms with E-state index < -0.39 is 0 Å². The minimum atomic E-state index is 0.0573. The summed E-state index contributed by atoms with van der Waals surface area (Å²) in [6.07, 6.45) is 3.74. The van der Waals surface area contributed by atoms with Crippen LogP contribution in [-0.4, -0.2) is 37.6 Å². The van der Waals surface area contributed by atoms with E-state index in [1.54, 1.807) is 7.11 Å². The molecule has 1 fully saturated rings. The van der Waals surface area contributed by atoms with Gasteiger partial charge >= 0.3 is 0 Å². The van der Waals surface area contributed by atoms with E-state index >= 15 is 0 Å². The van der Waals surface area contributed by atoms with Gasteiger partial charge in [-0.05, 0) is 50.5 Å².